The minimum atomic E-state index is -0.492. The summed E-state index contributed by atoms with van der Waals surface area (Å²) in [6, 6.07) is 3.94. The predicted molar refractivity (Wildman–Crippen MR) is 132 cm³/mol. The predicted octanol–water partition coefficient (Wildman–Crippen LogP) is 5.31. The molecular weight excluding hydrogens is 453 g/mol. The molecule has 1 aliphatic carbocycles. The number of pyridine rings is 1. The van der Waals surface area contributed by atoms with Crippen LogP contribution in [0, 0.1) is 5.82 Å². The van der Waals surface area contributed by atoms with E-state index in [9.17, 15) is 5.11 Å². The first kappa shape index (κ1) is 22.0. The van der Waals surface area contributed by atoms with Crippen LogP contribution in [-0.2, 0) is 5.41 Å². The van der Waals surface area contributed by atoms with E-state index in [1.54, 1.807) is 12.3 Å². The van der Waals surface area contributed by atoms with Crippen molar-refractivity contribution in [2.75, 3.05) is 18.0 Å². The monoisotopic (exact) mass is 481 g/mol. The summed E-state index contributed by atoms with van der Waals surface area (Å²) in [6.07, 6.45) is 5.98. The number of hydrogen-bond donors (Lipinski definition) is 2. The second-order valence-electron chi connectivity index (χ2n) is 11.0. The van der Waals surface area contributed by atoms with Crippen LogP contribution in [0.1, 0.15) is 63.8 Å². The van der Waals surface area contributed by atoms with Gasteiger partial charge in [-0.05, 0) is 49.3 Å². The second kappa shape index (κ2) is 7.75. The lowest BCUT2D eigenvalue weighted by atomic mass is 9.95. The van der Waals surface area contributed by atoms with E-state index < -0.39 is 5.82 Å². The molecule has 6 rings (SSSR count). The molecule has 3 aliphatic rings. The molecule has 2 atom stereocenters. The minimum Gasteiger partial charge on any atom is -0.508 e. The van der Waals surface area contributed by atoms with Gasteiger partial charge in [0.25, 0.3) is 0 Å². The van der Waals surface area contributed by atoms with Crippen molar-refractivity contribution in [3.63, 3.8) is 0 Å². The van der Waals surface area contributed by atoms with E-state index in [0.29, 0.717) is 33.9 Å². The van der Waals surface area contributed by atoms with E-state index >= 15 is 4.39 Å². The van der Waals surface area contributed by atoms with Crippen molar-refractivity contribution < 1.29 is 9.50 Å². The number of aromatic hydroxyl groups is 1. The minimum absolute atomic E-state index is 0.000691. The molecule has 1 saturated carbocycles. The highest BCUT2D eigenvalue weighted by atomic mass is 35.5. The summed E-state index contributed by atoms with van der Waals surface area (Å²) in [5.41, 5.74) is 1.50. The third kappa shape index (κ3) is 3.69. The Labute approximate surface area is 203 Å². The Balaban J connectivity index is 1.56. The molecule has 0 amide bonds. The van der Waals surface area contributed by atoms with Crippen molar-refractivity contribution >= 4 is 28.3 Å². The van der Waals surface area contributed by atoms with Crippen LogP contribution in [0.2, 0.25) is 5.02 Å². The number of anilines is 1. The molecule has 1 aromatic carbocycles. The van der Waals surface area contributed by atoms with Crippen molar-refractivity contribution in [3.8, 4) is 17.0 Å². The molecule has 2 unspecified atom stereocenters. The van der Waals surface area contributed by atoms with E-state index in [1.807, 2.05) is 20.8 Å². The Morgan fingerprint density at radius 1 is 1.09 bits per heavy atom. The van der Waals surface area contributed by atoms with Gasteiger partial charge < -0.3 is 15.3 Å². The third-order valence-corrected chi connectivity index (χ3v) is 7.52. The van der Waals surface area contributed by atoms with Crippen LogP contribution in [0.5, 0.6) is 5.75 Å². The molecule has 3 aromatic rings. The molecule has 2 bridgehead atoms. The maximum atomic E-state index is 16.3. The van der Waals surface area contributed by atoms with Crippen LogP contribution in [-0.4, -0.2) is 45.2 Å². The lowest BCUT2D eigenvalue weighted by Gasteiger charge is -2.35. The van der Waals surface area contributed by atoms with Gasteiger partial charge in [0.2, 0.25) is 0 Å². The number of nitrogens with zero attached hydrogens (tertiary/aromatic N) is 4. The summed E-state index contributed by atoms with van der Waals surface area (Å²) in [5, 5.41) is 15.0. The van der Waals surface area contributed by atoms with Gasteiger partial charge in [0.05, 0.1) is 5.39 Å². The second-order valence-corrected chi connectivity index (χ2v) is 11.4. The SMILES string of the molecule is CC(C)(C)c1nc(N2CC3CCC(C2)N3)c2cnc(-c3cc(O)cc(Cl)c3C3CC3)c(F)c2n1. The first-order valence-corrected chi connectivity index (χ1v) is 12.5. The molecule has 2 aliphatic heterocycles. The molecule has 3 fully saturated rings. The number of phenols is 1. The van der Waals surface area contributed by atoms with Gasteiger partial charge >= 0.3 is 0 Å². The van der Waals surface area contributed by atoms with Crippen molar-refractivity contribution in [1.29, 1.82) is 0 Å². The van der Waals surface area contributed by atoms with E-state index in [0.717, 1.165) is 50.2 Å². The maximum Gasteiger partial charge on any atom is 0.175 e. The van der Waals surface area contributed by atoms with Crippen molar-refractivity contribution in [3.05, 3.63) is 40.6 Å². The zero-order valence-corrected chi connectivity index (χ0v) is 20.5. The third-order valence-electron chi connectivity index (χ3n) is 7.21. The number of halogens is 2. The Kier molecular flexibility index (Phi) is 5.01. The Morgan fingerprint density at radius 3 is 2.44 bits per heavy atom. The fraction of sp³-hybridized carbons (Fsp3) is 0.500. The average molecular weight is 482 g/mol. The number of nitrogens with one attached hydrogen (secondary N) is 1. The quantitative estimate of drug-likeness (QED) is 0.528. The summed E-state index contributed by atoms with van der Waals surface area (Å²) in [6.45, 7) is 7.80. The summed E-state index contributed by atoms with van der Waals surface area (Å²) >= 11 is 6.49. The molecule has 2 aromatic heterocycles. The normalized spacial score (nSPS) is 22.6. The topological polar surface area (TPSA) is 74.2 Å². The molecule has 6 nitrogen and oxygen atoms in total. The molecule has 8 heteroatoms. The van der Waals surface area contributed by atoms with Gasteiger partial charge in [0.15, 0.2) is 5.82 Å². The maximum absolute atomic E-state index is 16.3. The number of aromatic nitrogens is 3. The first-order chi connectivity index (χ1) is 16.2. The molecular formula is C26H29ClFN5O. The van der Waals surface area contributed by atoms with Gasteiger partial charge in [-0.25, -0.2) is 14.4 Å². The zero-order chi connectivity index (χ0) is 23.8. The Hall–Kier alpha value is -2.51. The van der Waals surface area contributed by atoms with E-state index in [-0.39, 0.29) is 28.3 Å². The highest BCUT2D eigenvalue weighted by molar-refractivity contribution is 6.32. The number of hydrogen-bond acceptors (Lipinski definition) is 6. The van der Waals surface area contributed by atoms with Crippen LogP contribution in [0.25, 0.3) is 22.2 Å². The largest absolute Gasteiger partial charge is 0.508 e. The number of fused-ring (bicyclic) bond motifs is 3. The summed E-state index contributed by atoms with van der Waals surface area (Å²) in [7, 11) is 0. The van der Waals surface area contributed by atoms with Crippen LogP contribution < -0.4 is 10.2 Å². The van der Waals surface area contributed by atoms with Crippen LogP contribution in [0.15, 0.2) is 18.3 Å². The summed E-state index contributed by atoms with van der Waals surface area (Å²) < 4.78 is 16.3. The molecule has 2 saturated heterocycles. The highest BCUT2D eigenvalue weighted by Crippen LogP contribution is 2.49. The summed E-state index contributed by atoms with van der Waals surface area (Å²) in [5.74, 6) is 1.13. The number of piperazine rings is 1. The van der Waals surface area contributed by atoms with Crippen molar-refractivity contribution in [1.82, 2.24) is 20.3 Å². The molecule has 4 heterocycles. The van der Waals surface area contributed by atoms with E-state index in [1.165, 1.54) is 6.07 Å². The Bertz CT molecular complexity index is 1290. The van der Waals surface area contributed by atoms with Crippen molar-refractivity contribution in [2.24, 2.45) is 0 Å². The zero-order valence-electron chi connectivity index (χ0n) is 19.7. The van der Waals surface area contributed by atoms with E-state index in [4.69, 9.17) is 21.6 Å². The van der Waals surface area contributed by atoms with Crippen LogP contribution >= 0.6 is 11.6 Å². The van der Waals surface area contributed by atoms with Crippen LogP contribution in [0.3, 0.4) is 0 Å². The van der Waals surface area contributed by atoms with Crippen LogP contribution in [0.4, 0.5) is 10.2 Å². The molecule has 0 spiro atoms. The fourth-order valence-corrected chi connectivity index (χ4v) is 5.73. The van der Waals surface area contributed by atoms with Gasteiger partial charge in [-0.2, -0.15) is 0 Å². The lowest BCUT2D eigenvalue weighted by Crippen LogP contribution is -2.51. The van der Waals surface area contributed by atoms with Gasteiger partial charge in [0.1, 0.15) is 28.6 Å². The molecule has 2 N–H and O–H groups in total. The first-order valence-electron chi connectivity index (χ1n) is 12.1. The number of benzene rings is 1. The molecule has 34 heavy (non-hydrogen) atoms. The lowest BCUT2D eigenvalue weighted by molar-refractivity contribution is 0.462. The standard InChI is InChI=1S/C26H29ClFN5O/c1-26(2,3)25-31-23-18(24(32-25)33-11-14-6-7-15(12-33)30-14)10-29-22(21(23)28)17-8-16(34)9-19(27)20(17)13-4-5-13/h8-10,13-15,30,34H,4-7,11-12H2,1-3H3. The number of phenolic OH excluding ortho intramolecular Hbond substituents is 1. The number of rotatable bonds is 3. The van der Waals surface area contributed by atoms with Crippen molar-refractivity contribution in [2.45, 2.75) is 69.9 Å². The smallest absolute Gasteiger partial charge is 0.175 e. The van der Waals surface area contributed by atoms with Gasteiger partial charge in [-0.1, -0.05) is 32.4 Å². The van der Waals surface area contributed by atoms with Gasteiger partial charge in [0, 0.05) is 47.4 Å². The fourth-order valence-electron chi connectivity index (χ4n) is 5.36. The van der Waals surface area contributed by atoms with E-state index in [2.05, 4.69) is 15.2 Å². The highest BCUT2D eigenvalue weighted by Gasteiger charge is 2.35. The molecule has 178 valence electrons. The van der Waals surface area contributed by atoms with Gasteiger partial charge in [-0.15, -0.1) is 0 Å². The Morgan fingerprint density at radius 2 is 1.79 bits per heavy atom. The molecule has 0 radical (unpaired) electrons. The van der Waals surface area contributed by atoms with Gasteiger partial charge in [-0.3, -0.25) is 4.98 Å². The summed E-state index contributed by atoms with van der Waals surface area (Å²) in [4.78, 5) is 16.5. The average Bonchev–Trinajstić information content (AvgIpc) is 3.55.